The van der Waals surface area contributed by atoms with Gasteiger partial charge in [0.2, 0.25) is 0 Å². The van der Waals surface area contributed by atoms with Crippen LogP contribution in [0.5, 0.6) is 0 Å². The van der Waals surface area contributed by atoms with E-state index < -0.39 is 17.8 Å². The van der Waals surface area contributed by atoms with Gasteiger partial charge in [0, 0.05) is 25.0 Å². The molecule has 1 saturated heterocycles. The highest BCUT2D eigenvalue weighted by molar-refractivity contribution is 7.13. The van der Waals surface area contributed by atoms with Crippen LogP contribution in [0.4, 0.5) is 4.79 Å². The lowest BCUT2D eigenvalue weighted by molar-refractivity contribution is 0.0496. The topological polar surface area (TPSA) is 91.8 Å². The molecule has 1 fully saturated rings. The zero-order chi connectivity index (χ0) is 19.7. The minimum atomic E-state index is -0.678. The van der Waals surface area contributed by atoms with Gasteiger partial charge >= 0.3 is 6.09 Å². The second-order valence-corrected chi connectivity index (χ2v) is 9.40. The van der Waals surface area contributed by atoms with Crippen molar-refractivity contribution in [1.29, 1.82) is 0 Å². The van der Waals surface area contributed by atoms with Crippen molar-refractivity contribution >= 4 is 23.3 Å². The van der Waals surface area contributed by atoms with Gasteiger partial charge in [0.15, 0.2) is 0 Å². The molecule has 1 aromatic heterocycles. The summed E-state index contributed by atoms with van der Waals surface area (Å²) < 4.78 is 5.29. The van der Waals surface area contributed by atoms with E-state index in [1.165, 1.54) is 17.5 Å². The molecule has 2 rings (SSSR count). The molecule has 0 radical (unpaired) electrons. The number of rotatable bonds is 4. The van der Waals surface area contributed by atoms with E-state index in [2.05, 4.69) is 24.1 Å². The van der Waals surface area contributed by atoms with Crippen molar-refractivity contribution in [3.05, 3.63) is 16.1 Å². The average molecular weight is 384 g/mol. The molecule has 1 aliphatic heterocycles. The quantitative estimate of drug-likeness (QED) is 0.834. The minimum Gasteiger partial charge on any atom is -0.444 e. The molecule has 26 heavy (non-hydrogen) atoms. The lowest BCUT2D eigenvalue weighted by Gasteiger charge is -2.29. The number of nitrogens with one attached hydrogen (secondary N) is 1. The van der Waals surface area contributed by atoms with Crippen molar-refractivity contribution < 1.29 is 19.4 Å². The Morgan fingerprint density at radius 2 is 2.19 bits per heavy atom. The van der Waals surface area contributed by atoms with E-state index in [-0.39, 0.29) is 17.2 Å². The number of nitrogens with zero attached hydrogens (tertiary/aromatic N) is 2. The molecular formula is C18H29N3O4S. The number of aliphatic hydroxyl groups is 1. The monoisotopic (exact) mass is 383 g/mol. The fraction of sp³-hybridized carbons (Fsp3) is 0.722. The summed E-state index contributed by atoms with van der Waals surface area (Å²) in [5.41, 5.74) is -0.771. The Kier molecular flexibility index (Phi) is 5.97. The summed E-state index contributed by atoms with van der Waals surface area (Å²) in [5, 5.41) is 12.9. The molecule has 3 atom stereocenters. The van der Waals surface area contributed by atoms with Crippen LogP contribution in [0.3, 0.4) is 0 Å². The van der Waals surface area contributed by atoms with Gasteiger partial charge < -0.3 is 20.1 Å². The zero-order valence-corrected chi connectivity index (χ0v) is 17.1. The highest BCUT2D eigenvalue weighted by atomic mass is 32.1. The first-order valence-electron chi connectivity index (χ1n) is 8.81. The summed E-state index contributed by atoms with van der Waals surface area (Å²) in [6, 6.07) is 0. The maximum Gasteiger partial charge on any atom is 0.407 e. The van der Waals surface area contributed by atoms with Crippen molar-refractivity contribution in [3.63, 3.8) is 0 Å². The van der Waals surface area contributed by atoms with Gasteiger partial charge in [0.05, 0.1) is 6.20 Å². The van der Waals surface area contributed by atoms with Crippen molar-refractivity contribution in [2.24, 2.45) is 11.3 Å². The van der Waals surface area contributed by atoms with E-state index in [1.54, 1.807) is 11.8 Å². The minimum absolute atomic E-state index is 0.0813. The summed E-state index contributed by atoms with van der Waals surface area (Å²) in [4.78, 5) is 31.1. The molecule has 0 spiro atoms. The third kappa shape index (κ3) is 4.94. The molecular weight excluding hydrogens is 354 g/mol. The van der Waals surface area contributed by atoms with Crippen molar-refractivity contribution in [3.8, 4) is 0 Å². The number of aliphatic hydroxyl groups excluding tert-OH is 1. The van der Waals surface area contributed by atoms with E-state index in [1.807, 2.05) is 20.8 Å². The molecule has 146 valence electrons. The number of hydrogen-bond acceptors (Lipinski definition) is 6. The first kappa shape index (κ1) is 20.6. The number of ether oxygens (including phenoxy) is 1. The van der Waals surface area contributed by atoms with E-state index in [9.17, 15) is 14.7 Å². The van der Waals surface area contributed by atoms with Crippen LogP contribution in [0, 0.1) is 11.3 Å². The molecule has 2 N–H and O–H groups in total. The van der Waals surface area contributed by atoms with Crippen molar-refractivity contribution in [2.75, 3.05) is 19.6 Å². The molecule has 0 unspecified atom stereocenters. The fourth-order valence-electron chi connectivity index (χ4n) is 2.92. The Labute approximate surface area is 158 Å². The van der Waals surface area contributed by atoms with Crippen LogP contribution in [-0.2, 0) is 4.74 Å². The second kappa shape index (κ2) is 7.52. The van der Waals surface area contributed by atoms with Gasteiger partial charge in [-0.3, -0.25) is 4.79 Å². The average Bonchev–Trinajstić information content (AvgIpc) is 3.09. The zero-order valence-electron chi connectivity index (χ0n) is 16.3. The van der Waals surface area contributed by atoms with Crippen molar-refractivity contribution in [1.82, 2.24) is 15.2 Å². The Bertz CT molecular complexity index is 668. The maximum absolute atomic E-state index is 12.7. The molecule has 0 aromatic carbocycles. The van der Waals surface area contributed by atoms with Crippen LogP contribution in [-0.4, -0.2) is 52.2 Å². The van der Waals surface area contributed by atoms with Gasteiger partial charge in [-0.1, -0.05) is 13.8 Å². The van der Waals surface area contributed by atoms with Crippen LogP contribution < -0.4 is 5.32 Å². The highest BCUT2D eigenvalue weighted by Crippen LogP contribution is 2.36. The molecule has 1 aromatic rings. The molecule has 2 amide bonds. The number of likely N-dealkylation sites (tertiary alicyclic amines) is 1. The number of alkyl carbamates (subject to hydrolysis) is 1. The van der Waals surface area contributed by atoms with Gasteiger partial charge in [-0.05, 0) is 33.6 Å². The Morgan fingerprint density at radius 1 is 1.54 bits per heavy atom. The summed E-state index contributed by atoms with van der Waals surface area (Å²) in [7, 11) is 0. The smallest absolute Gasteiger partial charge is 0.407 e. The Morgan fingerprint density at radius 3 is 2.73 bits per heavy atom. The molecule has 7 nitrogen and oxygen atoms in total. The van der Waals surface area contributed by atoms with Gasteiger partial charge in [-0.2, -0.15) is 0 Å². The summed E-state index contributed by atoms with van der Waals surface area (Å²) >= 11 is 1.22. The van der Waals surface area contributed by atoms with Crippen LogP contribution in [0.25, 0.3) is 0 Å². The predicted molar refractivity (Wildman–Crippen MR) is 100 cm³/mol. The van der Waals surface area contributed by atoms with Crippen LogP contribution in [0.15, 0.2) is 6.20 Å². The van der Waals surface area contributed by atoms with E-state index in [0.717, 1.165) is 0 Å². The molecule has 8 heteroatoms. The van der Waals surface area contributed by atoms with Gasteiger partial charge in [-0.25, -0.2) is 9.78 Å². The van der Waals surface area contributed by atoms with Crippen LogP contribution in [0.1, 0.15) is 62.3 Å². The largest absolute Gasteiger partial charge is 0.444 e. The van der Waals surface area contributed by atoms with Crippen LogP contribution >= 0.6 is 11.3 Å². The third-order valence-electron chi connectivity index (χ3n) is 4.65. The predicted octanol–water partition coefficient (Wildman–Crippen LogP) is 2.82. The maximum atomic E-state index is 12.7. The second-order valence-electron chi connectivity index (χ2n) is 8.33. The SMILES string of the molecule is C[C@@H]1CN(C(=O)c2cnc([C@@H](C)O)s2)C[C@@]1(C)CNC(=O)OC(C)(C)C. The normalized spacial score (nSPS) is 24.4. The van der Waals surface area contributed by atoms with Crippen molar-refractivity contribution in [2.45, 2.75) is 53.2 Å². The number of carbonyl (C=O) groups excluding carboxylic acids is 2. The van der Waals surface area contributed by atoms with E-state index in [4.69, 9.17) is 4.74 Å². The number of thiazole rings is 1. The molecule has 0 saturated carbocycles. The lowest BCUT2D eigenvalue weighted by Crippen LogP contribution is -2.42. The highest BCUT2D eigenvalue weighted by Gasteiger charge is 2.43. The molecule has 2 heterocycles. The number of amides is 2. The molecule has 1 aliphatic rings. The molecule has 0 aliphatic carbocycles. The van der Waals surface area contributed by atoms with Crippen LogP contribution in [0.2, 0.25) is 0 Å². The van der Waals surface area contributed by atoms with E-state index >= 15 is 0 Å². The number of hydrogen-bond donors (Lipinski definition) is 2. The van der Waals surface area contributed by atoms with E-state index in [0.29, 0.717) is 29.5 Å². The Balaban J connectivity index is 1.98. The molecule has 0 bridgehead atoms. The third-order valence-corrected chi connectivity index (χ3v) is 5.81. The number of carbonyl (C=O) groups is 2. The van der Waals surface area contributed by atoms with Gasteiger partial charge in [-0.15, -0.1) is 11.3 Å². The Hall–Kier alpha value is -1.67. The van der Waals surface area contributed by atoms with Gasteiger partial charge in [0.1, 0.15) is 21.6 Å². The fourth-order valence-corrected chi connectivity index (χ4v) is 3.74. The lowest BCUT2D eigenvalue weighted by atomic mass is 9.81. The summed E-state index contributed by atoms with van der Waals surface area (Å²) in [6.45, 7) is 12.8. The first-order chi connectivity index (χ1) is 11.9. The summed E-state index contributed by atoms with van der Waals surface area (Å²) in [6.07, 6.45) is 0.399. The number of aromatic nitrogens is 1. The first-order valence-corrected chi connectivity index (χ1v) is 9.63. The van der Waals surface area contributed by atoms with Gasteiger partial charge in [0.25, 0.3) is 5.91 Å². The standard InChI is InChI=1S/C18H29N3O4S/c1-11-8-21(15(23)13-7-19-14(26-13)12(2)22)10-18(11,6)9-20-16(24)25-17(3,4)5/h7,11-12,22H,8-10H2,1-6H3,(H,20,24)/t11-,12-,18-/m1/s1. The summed E-state index contributed by atoms with van der Waals surface area (Å²) in [5.74, 6) is 0.146.